The number of nitrogens with zero attached hydrogens (tertiary/aromatic N) is 1. The second-order valence-electron chi connectivity index (χ2n) is 9.57. The number of aliphatic hydroxyl groups is 1. The number of sulfonamides is 1. The number of carboxylic acid groups (broad SMARTS) is 1. The second kappa shape index (κ2) is 13.3. The Bertz CT molecular complexity index is 1610. The van der Waals surface area contributed by atoms with Crippen LogP contribution in [0.2, 0.25) is 0 Å². The van der Waals surface area contributed by atoms with Crippen molar-refractivity contribution in [3.63, 3.8) is 0 Å². The van der Waals surface area contributed by atoms with Gasteiger partial charge >= 0.3 is 21.5 Å². The Kier molecular flexibility index (Phi) is 9.76. The number of carbonyl (C=O) groups is 1. The highest BCUT2D eigenvalue weighted by Gasteiger charge is 2.46. The van der Waals surface area contributed by atoms with Crippen molar-refractivity contribution in [2.45, 2.75) is 31.0 Å². The predicted octanol–water partition coefficient (Wildman–Crippen LogP) is 4.61. The van der Waals surface area contributed by atoms with Gasteiger partial charge in [0.15, 0.2) is 0 Å². The Morgan fingerprint density at radius 3 is 2.31 bits per heavy atom. The van der Waals surface area contributed by atoms with E-state index in [9.17, 15) is 36.6 Å². The van der Waals surface area contributed by atoms with Crippen LogP contribution in [-0.4, -0.2) is 60.5 Å². The Morgan fingerprint density at radius 2 is 1.64 bits per heavy atom. The van der Waals surface area contributed by atoms with E-state index in [-0.39, 0.29) is 24.5 Å². The van der Waals surface area contributed by atoms with Crippen LogP contribution in [0, 0.1) is 0 Å². The molecule has 0 spiro atoms. The molecule has 0 aliphatic carbocycles. The van der Waals surface area contributed by atoms with Gasteiger partial charge in [0.25, 0.3) is 0 Å². The highest BCUT2D eigenvalue weighted by molar-refractivity contribution is 7.93. The van der Waals surface area contributed by atoms with Crippen LogP contribution in [0.4, 0.5) is 18.9 Å². The lowest BCUT2D eigenvalue weighted by molar-refractivity contribution is -0.0429. The molecule has 3 aromatic carbocycles. The third-order valence-electron chi connectivity index (χ3n) is 6.48. The quantitative estimate of drug-likeness (QED) is 0.155. The number of nitrogens with one attached hydrogen (secondary N) is 2. The molecule has 13 heteroatoms. The van der Waals surface area contributed by atoms with E-state index in [0.29, 0.717) is 48.3 Å². The fourth-order valence-corrected chi connectivity index (χ4v) is 5.10. The summed E-state index contributed by atoms with van der Waals surface area (Å²) >= 11 is 0. The molecule has 1 heterocycles. The number of aryl methyl sites for hydroxylation is 1. The van der Waals surface area contributed by atoms with Crippen LogP contribution in [-0.2, 0) is 23.0 Å². The number of para-hydroxylation sites is 2. The summed E-state index contributed by atoms with van der Waals surface area (Å²) in [5.41, 5.74) is -3.75. The molecule has 1 atom stereocenters. The zero-order valence-corrected chi connectivity index (χ0v) is 23.2. The summed E-state index contributed by atoms with van der Waals surface area (Å²) in [5, 5.41) is 24.2. The minimum Gasteiger partial charge on any atom is -0.491 e. The van der Waals surface area contributed by atoms with Crippen molar-refractivity contribution >= 4 is 32.6 Å². The first-order chi connectivity index (χ1) is 20.0. The highest BCUT2D eigenvalue weighted by Crippen LogP contribution is 2.29. The van der Waals surface area contributed by atoms with Crippen molar-refractivity contribution in [2.24, 2.45) is 0 Å². The minimum absolute atomic E-state index is 0.0920. The molecule has 0 aliphatic rings. The molecule has 0 fully saturated rings. The number of fused-ring (bicyclic) bond motifs is 1. The Hall–Kier alpha value is -4.07. The van der Waals surface area contributed by atoms with E-state index in [2.05, 4.69) is 5.32 Å². The Balaban J connectivity index is 1.42. The van der Waals surface area contributed by atoms with Crippen LogP contribution in [0.25, 0.3) is 10.9 Å². The summed E-state index contributed by atoms with van der Waals surface area (Å²) in [6.07, 6.45) is 0.308. The van der Waals surface area contributed by atoms with Crippen molar-refractivity contribution in [3.8, 4) is 5.75 Å². The number of aliphatic hydroxyl groups excluding tert-OH is 1. The molecule has 4 rings (SSSR count). The predicted molar refractivity (Wildman–Crippen MR) is 152 cm³/mol. The number of halogens is 3. The van der Waals surface area contributed by atoms with Crippen LogP contribution in [0.1, 0.15) is 28.0 Å². The summed E-state index contributed by atoms with van der Waals surface area (Å²) in [4.78, 5) is 12.4. The van der Waals surface area contributed by atoms with E-state index in [4.69, 9.17) is 4.74 Å². The lowest BCUT2D eigenvalue weighted by Gasteiger charge is -2.13. The average Bonchev–Trinajstić information content (AvgIpc) is 3.26. The molecule has 1 aromatic heterocycles. The van der Waals surface area contributed by atoms with Gasteiger partial charge in [0.05, 0.1) is 0 Å². The molecule has 4 N–H and O–H groups in total. The number of benzene rings is 3. The number of aromatic nitrogens is 1. The number of ether oxygens (including phenoxy) is 1. The van der Waals surface area contributed by atoms with Crippen LogP contribution in [0.15, 0.2) is 78.9 Å². The van der Waals surface area contributed by atoms with Crippen molar-refractivity contribution in [1.82, 2.24) is 9.88 Å². The molecule has 0 saturated heterocycles. The fourth-order valence-electron chi connectivity index (χ4n) is 4.54. The molecule has 4 aromatic rings. The number of hydrogen-bond donors (Lipinski definition) is 4. The molecular formula is C29H30F3N3O6S. The van der Waals surface area contributed by atoms with Crippen LogP contribution < -0.4 is 14.8 Å². The first-order valence-electron chi connectivity index (χ1n) is 13.0. The Labute approximate surface area is 240 Å². The Morgan fingerprint density at radius 1 is 0.976 bits per heavy atom. The molecule has 42 heavy (non-hydrogen) atoms. The normalized spacial score (nSPS) is 12.8. The first-order valence-corrected chi connectivity index (χ1v) is 14.5. The smallest absolute Gasteiger partial charge is 0.491 e. The molecule has 224 valence electrons. The van der Waals surface area contributed by atoms with Gasteiger partial charge in [0.2, 0.25) is 0 Å². The molecule has 0 amide bonds. The van der Waals surface area contributed by atoms with Crippen molar-refractivity contribution in [1.29, 1.82) is 0 Å². The number of rotatable bonds is 14. The zero-order valence-electron chi connectivity index (χ0n) is 22.3. The van der Waals surface area contributed by atoms with Gasteiger partial charge in [-0.3, -0.25) is 4.72 Å². The van der Waals surface area contributed by atoms with E-state index in [1.165, 1.54) is 29.0 Å². The topological polar surface area (TPSA) is 130 Å². The van der Waals surface area contributed by atoms with E-state index in [1.807, 2.05) is 30.3 Å². The summed E-state index contributed by atoms with van der Waals surface area (Å²) in [7, 11) is -5.56. The van der Waals surface area contributed by atoms with Gasteiger partial charge in [-0.05, 0) is 60.8 Å². The largest absolute Gasteiger partial charge is 0.516 e. The van der Waals surface area contributed by atoms with Crippen LogP contribution in [0.3, 0.4) is 0 Å². The lowest BCUT2D eigenvalue weighted by atomic mass is 10.1. The number of carboxylic acids is 1. The van der Waals surface area contributed by atoms with E-state index in [0.717, 1.165) is 5.39 Å². The standard InChI is InChI=1S/C29H30F3N3O6S/c30-29(31,32)42(39,40)34-21-14-12-20(13-15-21)18-35-26-11-5-4-9-24(26)25(27(35)28(37)38)10-6-16-33-17-22(36)19-41-23-7-2-1-3-8-23/h1-5,7-9,11-15,22,33-34,36H,6,10,16-19H2,(H,37,38). The minimum atomic E-state index is -5.56. The summed E-state index contributed by atoms with van der Waals surface area (Å²) in [6.45, 7) is 1.05. The molecule has 0 aliphatic heterocycles. The van der Waals surface area contributed by atoms with Gasteiger partial charge < -0.3 is 24.8 Å². The molecular weight excluding hydrogens is 575 g/mol. The maximum Gasteiger partial charge on any atom is 0.516 e. The molecule has 0 bridgehead atoms. The third-order valence-corrected chi connectivity index (χ3v) is 7.59. The van der Waals surface area contributed by atoms with Gasteiger partial charge in [-0.25, -0.2) is 4.79 Å². The number of anilines is 1. The van der Waals surface area contributed by atoms with Gasteiger partial charge in [0.1, 0.15) is 24.2 Å². The zero-order chi connectivity index (χ0) is 30.3. The lowest BCUT2D eigenvalue weighted by Crippen LogP contribution is -2.32. The van der Waals surface area contributed by atoms with Crippen LogP contribution in [0.5, 0.6) is 5.75 Å². The molecule has 0 radical (unpaired) electrons. The van der Waals surface area contributed by atoms with Gasteiger partial charge in [0, 0.05) is 29.7 Å². The maximum atomic E-state index is 12.7. The fraction of sp³-hybridized carbons (Fsp3) is 0.276. The average molecular weight is 606 g/mol. The van der Waals surface area contributed by atoms with Crippen LogP contribution >= 0.6 is 0 Å². The SMILES string of the molecule is O=C(O)c1c(CCCNCC(O)COc2ccccc2)c2ccccc2n1Cc1ccc(NS(=O)(=O)C(F)(F)F)cc1. The number of alkyl halides is 3. The van der Waals surface area contributed by atoms with Gasteiger partial charge in [-0.2, -0.15) is 21.6 Å². The monoisotopic (exact) mass is 605 g/mol. The van der Waals surface area contributed by atoms with Crippen molar-refractivity contribution in [2.75, 3.05) is 24.4 Å². The second-order valence-corrected chi connectivity index (χ2v) is 11.2. The highest BCUT2D eigenvalue weighted by atomic mass is 32.2. The van der Waals surface area contributed by atoms with E-state index < -0.39 is 27.6 Å². The number of hydrogen-bond acceptors (Lipinski definition) is 6. The number of aromatic carboxylic acids is 1. The third kappa shape index (κ3) is 7.60. The van der Waals surface area contributed by atoms with Gasteiger partial charge in [-0.15, -0.1) is 0 Å². The van der Waals surface area contributed by atoms with Crippen molar-refractivity contribution in [3.05, 3.63) is 95.7 Å². The molecule has 0 saturated carbocycles. The first kappa shape index (κ1) is 30.9. The maximum absolute atomic E-state index is 12.7. The molecule has 1 unspecified atom stereocenters. The summed E-state index contributed by atoms with van der Waals surface area (Å²) in [6, 6.07) is 21.6. The van der Waals surface area contributed by atoms with Crippen molar-refractivity contribution < 1.29 is 41.3 Å². The summed E-state index contributed by atoms with van der Waals surface area (Å²) < 4.78 is 69.5. The van der Waals surface area contributed by atoms with E-state index in [1.54, 1.807) is 28.8 Å². The van der Waals surface area contributed by atoms with E-state index >= 15 is 0 Å². The van der Waals surface area contributed by atoms with Gasteiger partial charge in [-0.1, -0.05) is 48.5 Å². The summed E-state index contributed by atoms with van der Waals surface area (Å²) in [5.74, 6) is -0.464. The molecule has 9 nitrogen and oxygen atoms in total.